The number of hydrogen-bond donors (Lipinski definition) is 3. The van der Waals surface area contributed by atoms with Crippen molar-refractivity contribution in [3.8, 4) is 5.75 Å². The number of unbranched alkanes of at least 4 members (excludes halogenated alkanes) is 1. The third-order valence-corrected chi connectivity index (χ3v) is 6.10. The molecule has 0 radical (unpaired) electrons. The molecule has 0 unspecified atom stereocenters. The highest BCUT2D eigenvalue weighted by Crippen LogP contribution is 2.25. The van der Waals surface area contributed by atoms with Crippen LogP contribution in [0.15, 0.2) is 47.3 Å². The number of nitrogens with zero attached hydrogens (tertiary/aromatic N) is 1. The molecule has 2 aromatic heterocycles. The molecule has 2 heterocycles. The average molecular weight is 471 g/mol. The van der Waals surface area contributed by atoms with Crippen molar-refractivity contribution in [2.45, 2.75) is 32.4 Å². The lowest BCUT2D eigenvalue weighted by molar-refractivity contribution is -0.121. The van der Waals surface area contributed by atoms with Crippen LogP contribution >= 0.6 is 23.8 Å². The zero-order valence-corrected chi connectivity index (χ0v) is 19.1. The number of ether oxygens (including phenoxy) is 1. The van der Waals surface area contributed by atoms with E-state index in [0.29, 0.717) is 58.9 Å². The fourth-order valence-corrected chi connectivity index (χ4v) is 4.15. The molecule has 7 nitrogen and oxygen atoms in total. The average Bonchev–Trinajstić information content (AvgIpc) is 3.15. The molecule has 0 aliphatic carbocycles. The van der Waals surface area contributed by atoms with Gasteiger partial charge in [-0.1, -0.05) is 29.8 Å². The summed E-state index contributed by atoms with van der Waals surface area (Å²) in [6.07, 6.45) is 1.65. The first-order valence-corrected chi connectivity index (χ1v) is 11.1. The number of methoxy groups -OCH3 is 1. The predicted molar refractivity (Wildman–Crippen MR) is 129 cm³/mol. The number of carbonyl (C=O) groups is 1. The maximum Gasteiger partial charge on any atom is 0.278 e. The van der Waals surface area contributed by atoms with E-state index in [9.17, 15) is 9.59 Å². The summed E-state index contributed by atoms with van der Waals surface area (Å²) in [4.78, 5) is 31.5. The molecular weight excluding hydrogens is 448 g/mol. The number of nitrogens with one attached hydrogen (secondary N) is 3. The van der Waals surface area contributed by atoms with Gasteiger partial charge in [0.05, 0.1) is 12.6 Å². The molecule has 0 atom stereocenters. The number of hydrogen-bond acceptors (Lipinski definition) is 4. The fourth-order valence-electron chi connectivity index (χ4n) is 3.67. The standard InChI is InChI=1S/C23H23ClN4O3S/c1-31-15-9-10-18-16(12-15)20-21(26-18)22(30)28(23(32)27-20)11-5-4-8-19(29)25-13-14-6-2-3-7-17(14)24/h2-3,6-7,9-10,12,26H,4-5,8,11,13H2,1H3,(H,25,29)(H,27,32). The summed E-state index contributed by atoms with van der Waals surface area (Å²) in [5.41, 5.74) is 2.67. The van der Waals surface area contributed by atoms with Crippen LogP contribution in [0.25, 0.3) is 21.9 Å². The van der Waals surface area contributed by atoms with Gasteiger partial charge in [-0.05, 0) is 54.9 Å². The van der Waals surface area contributed by atoms with Gasteiger partial charge in [-0.3, -0.25) is 14.2 Å². The minimum absolute atomic E-state index is 0.0533. The van der Waals surface area contributed by atoms with Crippen LogP contribution in [0.3, 0.4) is 0 Å². The van der Waals surface area contributed by atoms with Gasteiger partial charge < -0.3 is 20.0 Å². The van der Waals surface area contributed by atoms with Crippen molar-refractivity contribution in [1.82, 2.24) is 19.9 Å². The smallest absolute Gasteiger partial charge is 0.278 e. The van der Waals surface area contributed by atoms with Gasteiger partial charge in [0.15, 0.2) is 4.77 Å². The molecule has 0 saturated carbocycles. The molecule has 0 bridgehead atoms. The molecular formula is C23H23ClN4O3S. The minimum atomic E-state index is -0.179. The number of halogens is 1. The summed E-state index contributed by atoms with van der Waals surface area (Å²) in [7, 11) is 1.60. The Labute approximate surface area is 194 Å². The van der Waals surface area contributed by atoms with Crippen LogP contribution in [0.2, 0.25) is 5.02 Å². The Morgan fingerprint density at radius 1 is 1.16 bits per heavy atom. The van der Waals surface area contributed by atoms with Gasteiger partial charge in [0, 0.05) is 35.4 Å². The van der Waals surface area contributed by atoms with E-state index < -0.39 is 0 Å². The van der Waals surface area contributed by atoms with Gasteiger partial charge in [-0.25, -0.2) is 0 Å². The number of aromatic amines is 2. The molecule has 0 saturated heterocycles. The van der Waals surface area contributed by atoms with Crippen molar-refractivity contribution in [3.05, 3.63) is 68.2 Å². The quantitative estimate of drug-likeness (QED) is 0.257. The number of benzene rings is 2. The Kier molecular flexibility index (Phi) is 6.62. The van der Waals surface area contributed by atoms with E-state index in [2.05, 4.69) is 15.3 Å². The molecule has 2 aromatic carbocycles. The van der Waals surface area contributed by atoms with Crippen molar-refractivity contribution < 1.29 is 9.53 Å². The molecule has 1 amide bonds. The molecule has 32 heavy (non-hydrogen) atoms. The van der Waals surface area contributed by atoms with Crippen molar-refractivity contribution >= 4 is 51.7 Å². The first kappa shape index (κ1) is 22.1. The van der Waals surface area contributed by atoms with Crippen molar-refractivity contribution in [3.63, 3.8) is 0 Å². The largest absolute Gasteiger partial charge is 0.497 e. The van der Waals surface area contributed by atoms with Gasteiger partial charge in [-0.2, -0.15) is 0 Å². The molecule has 0 aliphatic rings. The van der Waals surface area contributed by atoms with E-state index in [-0.39, 0.29) is 11.5 Å². The number of H-pyrrole nitrogens is 2. The predicted octanol–water partition coefficient (Wildman–Crippen LogP) is 4.69. The summed E-state index contributed by atoms with van der Waals surface area (Å²) in [5, 5.41) is 4.36. The zero-order valence-electron chi connectivity index (χ0n) is 17.5. The van der Waals surface area contributed by atoms with E-state index >= 15 is 0 Å². The second-order valence-electron chi connectivity index (χ2n) is 7.50. The highest BCUT2D eigenvalue weighted by Gasteiger charge is 2.12. The topological polar surface area (TPSA) is 91.9 Å². The van der Waals surface area contributed by atoms with Gasteiger partial charge in [0.1, 0.15) is 11.3 Å². The van der Waals surface area contributed by atoms with Crippen LogP contribution in [0.5, 0.6) is 5.75 Å². The zero-order chi connectivity index (χ0) is 22.7. The van der Waals surface area contributed by atoms with Crippen LogP contribution in [-0.4, -0.2) is 27.6 Å². The Bertz CT molecular complexity index is 1410. The van der Waals surface area contributed by atoms with Crippen LogP contribution in [0.1, 0.15) is 24.8 Å². The minimum Gasteiger partial charge on any atom is -0.497 e. The lowest BCUT2D eigenvalue weighted by Gasteiger charge is -2.08. The van der Waals surface area contributed by atoms with Gasteiger partial charge >= 0.3 is 0 Å². The van der Waals surface area contributed by atoms with E-state index in [1.165, 1.54) is 4.57 Å². The van der Waals surface area contributed by atoms with Crippen LogP contribution < -0.4 is 15.6 Å². The summed E-state index contributed by atoms with van der Waals surface area (Å²) in [6, 6.07) is 13.0. The molecule has 0 fully saturated rings. The number of aromatic nitrogens is 3. The third kappa shape index (κ3) is 4.56. The van der Waals surface area contributed by atoms with Gasteiger partial charge in [0.25, 0.3) is 5.56 Å². The van der Waals surface area contributed by atoms with E-state index in [1.807, 2.05) is 36.4 Å². The molecule has 0 spiro atoms. The first-order chi connectivity index (χ1) is 15.5. The Morgan fingerprint density at radius 2 is 1.97 bits per heavy atom. The molecule has 9 heteroatoms. The molecule has 3 N–H and O–H groups in total. The Hall–Kier alpha value is -3.10. The van der Waals surface area contributed by atoms with Gasteiger partial charge in [-0.15, -0.1) is 0 Å². The van der Waals surface area contributed by atoms with E-state index in [4.69, 9.17) is 28.6 Å². The fraction of sp³-hybridized carbons (Fsp3) is 0.261. The number of fused-ring (bicyclic) bond motifs is 3. The summed E-state index contributed by atoms with van der Waals surface area (Å²) in [6.45, 7) is 0.825. The molecule has 4 aromatic rings. The Morgan fingerprint density at radius 3 is 2.75 bits per heavy atom. The van der Waals surface area contributed by atoms with E-state index in [0.717, 1.165) is 16.5 Å². The third-order valence-electron chi connectivity index (χ3n) is 5.41. The molecule has 0 aliphatic heterocycles. The second kappa shape index (κ2) is 9.58. The number of amides is 1. The molecule has 166 valence electrons. The first-order valence-electron chi connectivity index (χ1n) is 10.3. The summed E-state index contributed by atoms with van der Waals surface area (Å²) in [5.74, 6) is 0.650. The maximum atomic E-state index is 13.0. The summed E-state index contributed by atoms with van der Waals surface area (Å²) < 4.78 is 7.17. The lowest BCUT2D eigenvalue weighted by atomic mass is 10.2. The summed E-state index contributed by atoms with van der Waals surface area (Å²) >= 11 is 11.5. The highest BCUT2D eigenvalue weighted by atomic mass is 35.5. The second-order valence-corrected chi connectivity index (χ2v) is 8.29. The van der Waals surface area contributed by atoms with Crippen molar-refractivity contribution in [2.75, 3.05) is 7.11 Å². The number of rotatable bonds is 8. The van der Waals surface area contributed by atoms with Crippen LogP contribution in [-0.2, 0) is 17.9 Å². The van der Waals surface area contributed by atoms with Crippen LogP contribution in [0, 0.1) is 4.77 Å². The SMILES string of the molecule is COc1ccc2[nH]c3c(=O)n(CCCCC(=O)NCc4ccccc4Cl)c(=S)[nH]c3c2c1. The van der Waals surface area contributed by atoms with Crippen molar-refractivity contribution in [2.24, 2.45) is 0 Å². The van der Waals surface area contributed by atoms with Crippen molar-refractivity contribution in [1.29, 1.82) is 0 Å². The monoisotopic (exact) mass is 470 g/mol. The highest BCUT2D eigenvalue weighted by molar-refractivity contribution is 7.71. The van der Waals surface area contributed by atoms with E-state index in [1.54, 1.807) is 13.2 Å². The van der Waals surface area contributed by atoms with Crippen LogP contribution in [0.4, 0.5) is 0 Å². The van der Waals surface area contributed by atoms with Gasteiger partial charge in [0.2, 0.25) is 5.91 Å². The normalized spacial score (nSPS) is 11.2. The number of carbonyl (C=O) groups excluding carboxylic acids is 1. The Balaban J connectivity index is 1.39. The lowest BCUT2D eigenvalue weighted by Crippen LogP contribution is -2.24. The molecule has 4 rings (SSSR count). The maximum absolute atomic E-state index is 13.0.